The highest BCUT2D eigenvalue weighted by Crippen LogP contribution is 2.14. The summed E-state index contributed by atoms with van der Waals surface area (Å²) in [6, 6.07) is -0.0812. The Hall–Kier alpha value is -2.84. The van der Waals surface area contributed by atoms with Gasteiger partial charge in [0, 0.05) is 0 Å². The highest BCUT2D eigenvalue weighted by atomic mass is 16.5. The summed E-state index contributed by atoms with van der Waals surface area (Å²) in [7, 11) is 0. The van der Waals surface area contributed by atoms with Crippen LogP contribution >= 0.6 is 0 Å². The molecule has 0 aliphatic carbocycles. The fourth-order valence-corrected chi connectivity index (χ4v) is 1.32. The smallest absolute Gasteiger partial charge is 0.360 e. The van der Waals surface area contributed by atoms with Crippen molar-refractivity contribution in [3.05, 3.63) is 23.8 Å². The van der Waals surface area contributed by atoms with Gasteiger partial charge in [-0.3, -0.25) is 0 Å². The second kappa shape index (κ2) is 4.80. The van der Waals surface area contributed by atoms with Crippen molar-refractivity contribution in [3.63, 3.8) is 0 Å². The van der Waals surface area contributed by atoms with E-state index in [1.165, 1.54) is 6.20 Å². The van der Waals surface area contributed by atoms with Crippen LogP contribution in [0, 0.1) is 0 Å². The number of nitrogens with zero attached hydrogens (tertiary/aromatic N) is 3. The fourth-order valence-electron chi connectivity index (χ4n) is 1.32. The van der Waals surface area contributed by atoms with Crippen LogP contribution in [0.2, 0.25) is 0 Å². The molecule has 2 heterocycles. The van der Waals surface area contributed by atoms with Crippen LogP contribution in [0.25, 0.3) is 6.01 Å². The van der Waals surface area contributed by atoms with Crippen molar-refractivity contribution in [1.29, 1.82) is 0 Å². The zero-order chi connectivity index (χ0) is 14.0. The Labute approximate surface area is 106 Å². The average molecular weight is 266 g/mol. The van der Waals surface area contributed by atoms with E-state index in [-0.39, 0.29) is 29.7 Å². The van der Waals surface area contributed by atoms with Crippen LogP contribution in [0.3, 0.4) is 0 Å². The summed E-state index contributed by atoms with van der Waals surface area (Å²) in [6.45, 7) is 1.87. The summed E-state index contributed by atoms with van der Waals surface area (Å²) in [6.07, 6.45) is 2.32. The molecule has 100 valence electrons. The molecule has 0 amide bonds. The number of aromatic nitrogens is 3. The number of carbonyl (C=O) groups excluding carboxylic acids is 1. The standard InChI is InChI=1S/C10H10N4O5/c1-2-18-9(17)6-4-19-10(12-6)14-3-5(11)7(13-14)8(15)16/h3-4H,2,11H2,1H3,(H,15,16). The summed E-state index contributed by atoms with van der Waals surface area (Å²) in [4.78, 5) is 26.0. The molecule has 0 aliphatic rings. The highest BCUT2D eigenvalue weighted by molar-refractivity contribution is 5.91. The zero-order valence-corrected chi connectivity index (χ0v) is 9.86. The third-order valence-electron chi connectivity index (χ3n) is 2.12. The molecule has 0 aliphatic heterocycles. The fraction of sp³-hybridized carbons (Fsp3) is 0.200. The quantitative estimate of drug-likeness (QED) is 0.755. The van der Waals surface area contributed by atoms with Gasteiger partial charge in [-0.05, 0) is 6.92 Å². The Balaban J connectivity index is 2.30. The number of nitrogen functional groups attached to an aromatic ring is 1. The van der Waals surface area contributed by atoms with Gasteiger partial charge in [0.15, 0.2) is 11.4 Å². The van der Waals surface area contributed by atoms with E-state index in [0.717, 1.165) is 10.9 Å². The maximum atomic E-state index is 11.4. The van der Waals surface area contributed by atoms with Gasteiger partial charge in [0.05, 0.1) is 18.5 Å². The molecule has 0 saturated carbocycles. The minimum Gasteiger partial charge on any atom is -0.476 e. The number of rotatable bonds is 4. The first-order valence-corrected chi connectivity index (χ1v) is 5.24. The van der Waals surface area contributed by atoms with E-state index in [9.17, 15) is 9.59 Å². The lowest BCUT2D eigenvalue weighted by atomic mass is 10.4. The molecule has 0 fully saturated rings. The molecule has 0 aromatic carbocycles. The monoisotopic (exact) mass is 266 g/mol. The summed E-state index contributed by atoms with van der Waals surface area (Å²) in [5.41, 5.74) is 5.07. The van der Waals surface area contributed by atoms with Gasteiger partial charge >= 0.3 is 18.0 Å². The predicted molar refractivity (Wildman–Crippen MR) is 61.0 cm³/mol. The van der Waals surface area contributed by atoms with Crippen molar-refractivity contribution >= 4 is 17.6 Å². The van der Waals surface area contributed by atoms with E-state index in [4.69, 9.17) is 20.0 Å². The SMILES string of the molecule is CCOC(=O)c1coc(-n2cc(N)c(C(=O)O)n2)n1. The van der Waals surface area contributed by atoms with Crippen LogP contribution < -0.4 is 5.73 Å². The largest absolute Gasteiger partial charge is 0.476 e. The average Bonchev–Trinajstić information content (AvgIpc) is 2.95. The van der Waals surface area contributed by atoms with Gasteiger partial charge in [-0.15, -0.1) is 0 Å². The lowest BCUT2D eigenvalue weighted by Gasteiger charge is -1.95. The maximum absolute atomic E-state index is 11.4. The minimum absolute atomic E-state index is 0.0385. The molecule has 0 bridgehead atoms. The third-order valence-corrected chi connectivity index (χ3v) is 2.12. The number of esters is 1. The second-order valence-electron chi connectivity index (χ2n) is 3.42. The highest BCUT2D eigenvalue weighted by Gasteiger charge is 2.18. The van der Waals surface area contributed by atoms with Crippen molar-refractivity contribution in [2.75, 3.05) is 12.3 Å². The first-order chi connectivity index (χ1) is 9.02. The van der Waals surface area contributed by atoms with E-state index in [1.807, 2.05) is 0 Å². The van der Waals surface area contributed by atoms with Gasteiger partial charge in [0.1, 0.15) is 6.26 Å². The number of hydrogen-bond acceptors (Lipinski definition) is 7. The minimum atomic E-state index is -1.27. The number of ether oxygens (including phenoxy) is 1. The Morgan fingerprint density at radius 2 is 2.32 bits per heavy atom. The van der Waals surface area contributed by atoms with Gasteiger partial charge in [0.25, 0.3) is 0 Å². The summed E-state index contributed by atoms with van der Waals surface area (Å²) >= 11 is 0. The van der Waals surface area contributed by atoms with E-state index < -0.39 is 11.9 Å². The van der Waals surface area contributed by atoms with Crippen LogP contribution in [0.15, 0.2) is 16.9 Å². The van der Waals surface area contributed by atoms with E-state index in [2.05, 4.69) is 10.1 Å². The second-order valence-corrected chi connectivity index (χ2v) is 3.42. The van der Waals surface area contributed by atoms with Crippen molar-refractivity contribution < 1.29 is 23.8 Å². The van der Waals surface area contributed by atoms with E-state index in [0.29, 0.717) is 0 Å². The lowest BCUT2D eigenvalue weighted by Crippen LogP contribution is -2.06. The van der Waals surface area contributed by atoms with Crippen molar-refractivity contribution in [2.45, 2.75) is 6.92 Å². The van der Waals surface area contributed by atoms with Crippen LogP contribution in [0.5, 0.6) is 0 Å². The van der Waals surface area contributed by atoms with Crippen LogP contribution in [0.1, 0.15) is 27.9 Å². The molecule has 2 rings (SSSR count). The van der Waals surface area contributed by atoms with E-state index in [1.54, 1.807) is 6.92 Å². The first kappa shape index (κ1) is 12.6. The van der Waals surface area contributed by atoms with Crippen LogP contribution in [0.4, 0.5) is 5.69 Å². The van der Waals surface area contributed by atoms with Gasteiger partial charge in [-0.2, -0.15) is 14.8 Å². The number of aromatic carboxylic acids is 1. The number of nitrogens with two attached hydrogens (primary N) is 1. The van der Waals surface area contributed by atoms with Gasteiger partial charge in [0.2, 0.25) is 0 Å². The van der Waals surface area contributed by atoms with Crippen LogP contribution in [-0.2, 0) is 4.74 Å². The number of hydrogen-bond donors (Lipinski definition) is 2. The Morgan fingerprint density at radius 3 is 2.89 bits per heavy atom. The third kappa shape index (κ3) is 2.39. The molecule has 0 radical (unpaired) electrons. The van der Waals surface area contributed by atoms with Crippen molar-refractivity contribution in [1.82, 2.24) is 14.8 Å². The zero-order valence-electron chi connectivity index (χ0n) is 9.86. The van der Waals surface area contributed by atoms with Crippen LogP contribution in [-0.4, -0.2) is 38.4 Å². The number of oxazole rings is 1. The lowest BCUT2D eigenvalue weighted by molar-refractivity contribution is 0.0519. The Bertz CT molecular complexity index is 630. The molecule has 9 heteroatoms. The summed E-state index contributed by atoms with van der Waals surface area (Å²) < 4.78 is 10.8. The number of carboxylic acid groups (broad SMARTS) is 1. The molecule has 0 saturated heterocycles. The number of carboxylic acids is 1. The van der Waals surface area contributed by atoms with Gasteiger partial charge in [-0.1, -0.05) is 0 Å². The molecule has 0 atom stereocenters. The molecular weight excluding hydrogens is 256 g/mol. The first-order valence-electron chi connectivity index (χ1n) is 5.24. The Kier molecular flexibility index (Phi) is 3.19. The molecule has 9 nitrogen and oxygen atoms in total. The molecule has 0 unspecified atom stereocenters. The normalized spacial score (nSPS) is 10.4. The summed E-state index contributed by atoms with van der Waals surface area (Å²) in [5, 5.41) is 12.5. The van der Waals surface area contributed by atoms with Crippen molar-refractivity contribution in [2.24, 2.45) is 0 Å². The van der Waals surface area contributed by atoms with Gasteiger partial charge < -0.3 is 20.0 Å². The molecule has 2 aromatic heterocycles. The number of anilines is 1. The molecule has 3 N–H and O–H groups in total. The maximum Gasteiger partial charge on any atom is 0.360 e. The topological polar surface area (TPSA) is 133 Å². The molecule has 19 heavy (non-hydrogen) atoms. The Morgan fingerprint density at radius 1 is 1.58 bits per heavy atom. The molecular formula is C10H10N4O5. The predicted octanol–water partition coefficient (Wildman–Crippen LogP) is 0.317. The van der Waals surface area contributed by atoms with Gasteiger partial charge in [-0.25, -0.2) is 9.59 Å². The molecule has 2 aromatic rings. The van der Waals surface area contributed by atoms with E-state index >= 15 is 0 Å². The number of carbonyl (C=O) groups is 2. The van der Waals surface area contributed by atoms with Crippen molar-refractivity contribution in [3.8, 4) is 6.01 Å². The summed E-state index contributed by atoms with van der Waals surface area (Å²) in [5.74, 6) is -1.91. The molecule has 0 spiro atoms.